The van der Waals surface area contributed by atoms with Crippen LogP contribution in [0.15, 0.2) is 29.2 Å². The van der Waals surface area contributed by atoms with Crippen molar-refractivity contribution in [1.29, 1.82) is 0 Å². The van der Waals surface area contributed by atoms with E-state index in [-0.39, 0.29) is 5.97 Å². The predicted octanol–water partition coefficient (Wildman–Crippen LogP) is 4.28. The van der Waals surface area contributed by atoms with Gasteiger partial charge in [-0.3, -0.25) is 4.79 Å². The topological polar surface area (TPSA) is 26.3 Å². The fourth-order valence-electron chi connectivity index (χ4n) is 1.94. The first-order valence-corrected chi connectivity index (χ1v) is 7.54. The summed E-state index contributed by atoms with van der Waals surface area (Å²) >= 11 is 4.22. The second-order valence-corrected chi connectivity index (χ2v) is 5.46. The third-order valence-corrected chi connectivity index (χ3v) is 3.61. The van der Waals surface area contributed by atoms with Crippen LogP contribution in [0.5, 0.6) is 0 Å². The van der Waals surface area contributed by atoms with E-state index in [1.807, 2.05) is 24.3 Å². The number of hydrogen-bond acceptors (Lipinski definition) is 3. The molecule has 0 bridgehead atoms. The fourth-order valence-corrected chi connectivity index (χ4v) is 2.09. The molecule has 19 heavy (non-hydrogen) atoms. The van der Waals surface area contributed by atoms with E-state index in [0.717, 1.165) is 23.3 Å². The van der Waals surface area contributed by atoms with Crippen LogP contribution in [0.2, 0.25) is 0 Å². The number of carbonyl (C=O) groups excluding carboxylic acids is 1. The minimum atomic E-state index is -0.137. The van der Waals surface area contributed by atoms with Crippen molar-refractivity contribution in [3.8, 4) is 0 Å². The summed E-state index contributed by atoms with van der Waals surface area (Å²) in [6, 6.07) is 7.61. The smallest absolute Gasteiger partial charge is 0.310 e. The van der Waals surface area contributed by atoms with E-state index < -0.39 is 0 Å². The number of hydrogen-bond donors (Lipinski definition) is 1. The predicted molar refractivity (Wildman–Crippen MR) is 81.7 cm³/mol. The van der Waals surface area contributed by atoms with Crippen molar-refractivity contribution in [1.82, 2.24) is 0 Å². The molecule has 106 valence electrons. The van der Waals surface area contributed by atoms with Crippen LogP contribution in [-0.4, -0.2) is 12.6 Å². The molecule has 3 heteroatoms. The van der Waals surface area contributed by atoms with E-state index in [9.17, 15) is 4.79 Å². The highest BCUT2D eigenvalue weighted by Crippen LogP contribution is 2.14. The maximum atomic E-state index is 11.8. The molecule has 0 radical (unpaired) electrons. The Balaban J connectivity index is 2.32. The van der Waals surface area contributed by atoms with Crippen molar-refractivity contribution < 1.29 is 9.53 Å². The van der Waals surface area contributed by atoms with Gasteiger partial charge in [0.1, 0.15) is 0 Å². The van der Waals surface area contributed by atoms with Crippen molar-refractivity contribution >= 4 is 18.6 Å². The average molecular weight is 280 g/mol. The van der Waals surface area contributed by atoms with Gasteiger partial charge < -0.3 is 4.74 Å². The van der Waals surface area contributed by atoms with Gasteiger partial charge in [-0.1, -0.05) is 45.2 Å². The summed E-state index contributed by atoms with van der Waals surface area (Å²) in [6.45, 7) is 4.89. The summed E-state index contributed by atoms with van der Waals surface area (Å²) < 4.78 is 5.37. The Morgan fingerprint density at radius 3 is 2.53 bits per heavy atom. The molecule has 0 heterocycles. The lowest BCUT2D eigenvalue weighted by Gasteiger charge is -2.14. The molecule has 0 saturated heterocycles. The molecule has 0 aliphatic rings. The fraction of sp³-hybridized carbons (Fsp3) is 0.562. The van der Waals surface area contributed by atoms with Crippen LogP contribution in [0.3, 0.4) is 0 Å². The molecule has 0 aliphatic carbocycles. The van der Waals surface area contributed by atoms with Crippen LogP contribution in [0, 0.1) is 5.92 Å². The zero-order chi connectivity index (χ0) is 14.1. The van der Waals surface area contributed by atoms with Crippen LogP contribution in [0.25, 0.3) is 0 Å². The van der Waals surface area contributed by atoms with Crippen molar-refractivity contribution in [3.05, 3.63) is 29.8 Å². The summed E-state index contributed by atoms with van der Waals surface area (Å²) in [5.74, 6) is 0.366. The highest BCUT2D eigenvalue weighted by atomic mass is 32.1. The third-order valence-electron chi connectivity index (χ3n) is 3.31. The van der Waals surface area contributed by atoms with Gasteiger partial charge in [0.2, 0.25) is 0 Å². The number of rotatable bonds is 8. The molecular formula is C16H24O2S. The molecule has 0 aromatic heterocycles. The van der Waals surface area contributed by atoms with Gasteiger partial charge in [0, 0.05) is 4.90 Å². The summed E-state index contributed by atoms with van der Waals surface area (Å²) in [6.07, 6.45) is 4.97. The van der Waals surface area contributed by atoms with Gasteiger partial charge in [-0.15, -0.1) is 12.6 Å². The Hall–Kier alpha value is -0.960. The van der Waals surface area contributed by atoms with Gasteiger partial charge in [0.05, 0.1) is 13.0 Å². The number of esters is 1. The van der Waals surface area contributed by atoms with Crippen LogP contribution in [0.4, 0.5) is 0 Å². The largest absolute Gasteiger partial charge is 0.465 e. The Morgan fingerprint density at radius 2 is 1.95 bits per heavy atom. The van der Waals surface area contributed by atoms with E-state index >= 15 is 0 Å². The average Bonchev–Trinajstić information content (AvgIpc) is 2.42. The number of thiol groups is 1. The zero-order valence-electron chi connectivity index (χ0n) is 11.9. The first-order valence-electron chi connectivity index (χ1n) is 7.09. The molecule has 0 N–H and O–H groups in total. The van der Waals surface area contributed by atoms with E-state index in [2.05, 4.69) is 26.5 Å². The van der Waals surface area contributed by atoms with Crippen molar-refractivity contribution in [2.45, 2.75) is 50.8 Å². The summed E-state index contributed by atoms with van der Waals surface area (Å²) in [5, 5.41) is 0. The molecule has 1 aromatic carbocycles. The lowest BCUT2D eigenvalue weighted by Crippen LogP contribution is -2.15. The third kappa shape index (κ3) is 6.67. The Morgan fingerprint density at radius 1 is 1.26 bits per heavy atom. The zero-order valence-corrected chi connectivity index (χ0v) is 12.8. The van der Waals surface area contributed by atoms with Crippen molar-refractivity contribution in [2.24, 2.45) is 5.92 Å². The SMILES string of the molecule is CCCCC(CC)COC(=O)Cc1ccc(S)cc1. The highest BCUT2D eigenvalue weighted by molar-refractivity contribution is 7.80. The molecule has 2 nitrogen and oxygen atoms in total. The molecule has 0 saturated carbocycles. The minimum Gasteiger partial charge on any atom is -0.465 e. The normalized spacial score (nSPS) is 12.2. The molecule has 0 aliphatic heterocycles. The van der Waals surface area contributed by atoms with Gasteiger partial charge >= 0.3 is 5.97 Å². The van der Waals surface area contributed by atoms with Crippen LogP contribution in [0.1, 0.15) is 45.1 Å². The van der Waals surface area contributed by atoms with Gasteiger partial charge in [-0.05, 0) is 30.0 Å². The second-order valence-electron chi connectivity index (χ2n) is 4.94. The quantitative estimate of drug-likeness (QED) is 0.568. The number of carbonyl (C=O) groups is 1. The first-order chi connectivity index (χ1) is 9.15. The van der Waals surface area contributed by atoms with Crippen molar-refractivity contribution in [2.75, 3.05) is 6.61 Å². The van der Waals surface area contributed by atoms with Crippen LogP contribution < -0.4 is 0 Å². The molecular weight excluding hydrogens is 256 g/mol. The molecule has 1 atom stereocenters. The molecule has 0 amide bonds. The van der Waals surface area contributed by atoms with E-state index in [1.54, 1.807) is 0 Å². The Kier molecular flexibility index (Phi) is 7.65. The maximum Gasteiger partial charge on any atom is 0.310 e. The number of unbranched alkanes of at least 4 members (excludes halogenated alkanes) is 1. The molecule has 0 fully saturated rings. The van der Waals surface area contributed by atoms with E-state index in [0.29, 0.717) is 18.9 Å². The van der Waals surface area contributed by atoms with Gasteiger partial charge in [-0.2, -0.15) is 0 Å². The Labute approximate surface area is 122 Å². The maximum absolute atomic E-state index is 11.8. The van der Waals surface area contributed by atoms with Crippen LogP contribution in [-0.2, 0) is 16.0 Å². The molecule has 0 spiro atoms. The van der Waals surface area contributed by atoms with E-state index in [1.165, 1.54) is 12.8 Å². The van der Waals surface area contributed by atoms with Gasteiger partial charge in [-0.25, -0.2) is 0 Å². The monoisotopic (exact) mass is 280 g/mol. The summed E-state index contributed by atoms with van der Waals surface area (Å²) in [5.41, 5.74) is 0.976. The lowest BCUT2D eigenvalue weighted by atomic mass is 10.0. The molecule has 1 rings (SSSR count). The minimum absolute atomic E-state index is 0.137. The molecule has 1 unspecified atom stereocenters. The summed E-state index contributed by atoms with van der Waals surface area (Å²) in [4.78, 5) is 12.7. The van der Waals surface area contributed by atoms with E-state index in [4.69, 9.17) is 4.74 Å². The molecule has 1 aromatic rings. The number of ether oxygens (including phenoxy) is 1. The van der Waals surface area contributed by atoms with Crippen LogP contribution >= 0.6 is 12.6 Å². The number of benzene rings is 1. The van der Waals surface area contributed by atoms with Crippen molar-refractivity contribution in [3.63, 3.8) is 0 Å². The van der Waals surface area contributed by atoms with Gasteiger partial charge in [0.15, 0.2) is 0 Å². The Bertz CT molecular complexity index is 373. The highest BCUT2D eigenvalue weighted by Gasteiger charge is 2.10. The van der Waals surface area contributed by atoms with Gasteiger partial charge in [0.25, 0.3) is 0 Å². The second kappa shape index (κ2) is 9.03. The first kappa shape index (κ1) is 16.1. The standard InChI is InChI=1S/C16H24O2S/c1-3-5-6-13(4-2)12-18-16(17)11-14-7-9-15(19)10-8-14/h7-10,13,19H,3-6,11-12H2,1-2H3. The summed E-state index contributed by atoms with van der Waals surface area (Å²) in [7, 11) is 0. The lowest BCUT2D eigenvalue weighted by molar-refractivity contribution is -0.144.